The molecule has 1 heterocycles. The molecule has 17 heavy (non-hydrogen) atoms. The van der Waals surface area contributed by atoms with Crippen LogP contribution in [0.25, 0.3) is 5.69 Å². The molecule has 0 aliphatic carbocycles. The molecular formula is C9H6ClFN4O2. The van der Waals surface area contributed by atoms with Crippen molar-refractivity contribution in [1.29, 1.82) is 0 Å². The number of halogens is 2. The minimum Gasteiger partial charge on any atom is -0.258 e. The van der Waals surface area contributed by atoms with E-state index in [0.717, 1.165) is 6.07 Å². The highest BCUT2D eigenvalue weighted by Gasteiger charge is 2.13. The van der Waals surface area contributed by atoms with Crippen LogP contribution in [0.2, 0.25) is 0 Å². The van der Waals surface area contributed by atoms with Gasteiger partial charge in [0.15, 0.2) is 5.82 Å². The highest BCUT2D eigenvalue weighted by Crippen LogP contribution is 2.19. The van der Waals surface area contributed by atoms with Crippen molar-refractivity contribution >= 4 is 17.3 Å². The number of nitro benzene ring substituents is 1. The Morgan fingerprint density at radius 2 is 2.29 bits per heavy atom. The third kappa shape index (κ3) is 2.23. The summed E-state index contributed by atoms with van der Waals surface area (Å²) in [7, 11) is 0. The monoisotopic (exact) mass is 256 g/mol. The molecule has 0 unspecified atom stereocenters. The number of non-ortho nitro benzene ring substituents is 1. The number of alkyl halides is 1. The van der Waals surface area contributed by atoms with Crippen LogP contribution in [0.1, 0.15) is 5.69 Å². The molecule has 1 aromatic heterocycles. The average Bonchev–Trinajstić information content (AvgIpc) is 2.77. The van der Waals surface area contributed by atoms with Crippen molar-refractivity contribution in [3.05, 3.63) is 46.0 Å². The zero-order chi connectivity index (χ0) is 12.4. The number of hydrogen-bond donors (Lipinski definition) is 0. The minimum atomic E-state index is -0.745. The Kier molecular flexibility index (Phi) is 3.01. The quantitative estimate of drug-likeness (QED) is 0.479. The van der Waals surface area contributed by atoms with Crippen molar-refractivity contribution in [3.8, 4) is 5.69 Å². The van der Waals surface area contributed by atoms with Gasteiger partial charge in [-0.25, -0.2) is 9.07 Å². The highest BCUT2D eigenvalue weighted by atomic mass is 35.5. The van der Waals surface area contributed by atoms with Gasteiger partial charge < -0.3 is 0 Å². The zero-order valence-corrected chi connectivity index (χ0v) is 9.13. The normalized spacial score (nSPS) is 10.5. The molecule has 6 nitrogen and oxygen atoms in total. The molecule has 0 amide bonds. The van der Waals surface area contributed by atoms with E-state index in [4.69, 9.17) is 11.6 Å². The maximum Gasteiger partial charge on any atom is 0.272 e. The first-order chi connectivity index (χ1) is 8.11. The van der Waals surface area contributed by atoms with Crippen LogP contribution in [-0.2, 0) is 5.88 Å². The van der Waals surface area contributed by atoms with Crippen molar-refractivity contribution in [1.82, 2.24) is 15.0 Å². The lowest BCUT2D eigenvalue weighted by Crippen LogP contribution is -1.99. The molecule has 2 rings (SSSR count). The smallest absolute Gasteiger partial charge is 0.258 e. The van der Waals surface area contributed by atoms with Gasteiger partial charge in [-0.2, -0.15) is 0 Å². The first kappa shape index (κ1) is 11.5. The van der Waals surface area contributed by atoms with Gasteiger partial charge in [0.2, 0.25) is 0 Å². The second kappa shape index (κ2) is 4.46. The number of benzene rings is 1. The molecule has 0 aliphatic heterocycles. The second-order valence-electron chi connectivity index (χ2n) is 3.18. The maximum absolute atomic E-state index is 13.6. The first-order valence-corrected chi connectivity index (χ1v) is 5.07. The van der Waals surface area contributed by atoms with Crippen LogP contribution >= 0.6 is 11.6 Å². The predicted molar refractivity (Wildman–Crippen MR) is 57.5 cm³/mol. The topological polar surface area (TPSA) is 73.8 Å². The highest BCUT2D eigenvalue weighted by molar-refractivity contribution is 6.16. The number of rotatable bonds is 3. The SMILES string of the molecule is O=[N+]([O-])c1ccc(-n2cc(CCl)nn2)c(F)c1. The summed E-state index contributed by atoms with van der Waals surface area (Å²) in [6.45, 7) is 0. The van der Waals surface area contributed by atoms with Gasteiger partial charge in [-0.05, 0) is 6.07 Å². The van der Waals surface area contributed by atoms with Gasteiger partial charge in [-0.1, -0.05) is 5.21 Å². The van der Waals surface area contributed by atoms with Gasteiger partial charge in [-0.15, -0.1) is 16.7 Å². The lowest BCUT2D eigenvalue weighted by atomic mass is 10.2. The van der Waals surface area contributed by atoms with Crippen molar-refractivity contribution in [2.45, 2.75) is 5.88 Å². The summed E-state index contributed by atoms with van der Waals surface area (Å²) in [6, 6.07) is 3.29. The molecule has 2 aromatic rings. The molecule has 0 spiro atoms. The van der Waals surface area contributed by atoms with E-state index in [2.05, 4.69) is 10.3 Å². The summed E-state index contributed by atoms with van der Waals surface area (Å²) in [5, 5.41) is 17.8. The van der Waals surface area contributed by atoms with Crippen LogP contribution in [0.15, 0.2) is 24.4 Å². The Hall–Kier alpha value is -2.02. The Bertz CT molecular complexity index is 572. The lowest BCUT2D eigenvalue weighted by molar-refractivity contribution is -0.385. The molecule has 0 bridgehead atoms. The molecule has 0 aliphatic rings. The van der Waals surface area contributed by atoms with Crippen LogP contribution in [0.3, 0.4) is 0 Å². The fourth-order valence-corrected chi connectivity index (χ4v) is 1.40. The van der Waals surface area contributed by atoms with Crippen LogP contribution in [0.5, 0.6) is 0 Å². The Morgan fingerprint density at radius 3 is 2.82 bits per heavy atom. The summed E-state index contributed by atoms with van der Waals surface area (Å²) in [4.78, 5) is 9.77. The molecule has 1 aromatic carbocycles. The molecule has 0 radical (unpaired) electrons. The average molecular weight is 257 g/mol. The van der Waals surface area contributed by atoms with E-state index in [0.29, 0.717) is 5.69 Å². The predicted octanol–water partition coefficient (Wildman–Crippen LogP) is 2.05. The lowest BCUT2D eigenvalue weighted by Gasteiger charge is -2.01. The molecule has 0 fully saturated rings. The summed E-state index contributed by atoms with van der Waals surface area (Å²) in [5.74, 6) is -0.584. The van der Waals surface area contributed by atoms with Gasteiger partial charge in [0.25, 0.3) is 5.69 Å². The fraction of sp³-hybridized carbons (Fsp3) is 0.111. The van der Waals surface area contributed by atoms with Crippen molar-refractivity contribution in [2.75, 3.05) is 0 Å². The molecule has 0 N–H and O–H groups in total. The third-order valence-corrected chi connectivity index (χ3v) is 2.34. The number of aromatic nitrogens is 3. The van der Waals surface area contributed by atoms with Crippen LogP contribution in [0, 0.1) is 15.9 Å². The molecule has 0 atom stereocenters. The number of nitrogens with zero attached hydrogens (tertiary/aromatic N) is 4. The van der Waals surface area contributed by atoms with Crippen LogP contribution < -0.4 is 0 Å². The Labute approximate surface area is 99.8 Å². The summed E-state index contributed by atoms with van der Waals surface area (Å²) in [6.07, 6.45) is 1.46. The standard InChI is InChI=1S/C9H6ClFN4O2/c10-4-6-5-14(13-12-6)9-2-1-7(15(16)17)3-8(9)11/h1-3,5H,4H2. The summed E-state index contributed by atoms with van der Waals surface area (Å²) >= 11 is 5.54. The number of nitro groups is 1. The number of hydrogen-bond acceptors (Lipinski definition) is 4. The van der Waals surface area contributed by atoms with E-state index >= 15 is 0 Å². The minimum absolute atomic E-state index is 0.0828. The molecule has 0 saturated heterocycles. The zero-order valence-electron chi connectivity index (χ0n) is 8.38. The van der Waals surface area contributed by atoms with E-state index in [9.17, 15) is 14.5 Å². The van der Waals surface area contributed by atoms with E-state index < -0.39 is 10.7 Å². The second-order valence-corrected chi connectivity index (χ2v) is 3.45. The van der Waals surface area contributed by atoms with E-state index in [1.165, 1.54) is 23.0 Å². The van der Waals surface area contributed by atoms with Gasteiger partial charge in [0.1, 0.15) is 5.69 Å². The van der Waals surface area contributed by atoms with Gasteiger partial charge in [-0.3, -0.25) is 10.1 Å². The van der Waals surface area contributed by atoms with E-state index in [-0.39, 0.29) is 17.3 Å². The van der Waals surface area contributed by atoms with E-state index in [1.807, 2.05) is 0 Å². The Morgan fingerprint density at radius 1 is 1.53 bits per heavy atom. The van der Waals surface area contributed by atoms with Crippen LogP contribution in [0.4, 0.5) is 10.1 Å². The van der Waals surface area contributed by atoms with Crippen molar-refractivity contribution < 1.29 is 9.31 Å². The fourth-order valence-electron chi connectivity index (χ4n) is 1.27. The summed E-state index contributed by atoms with van der Waals surface area (Å²) in [5.41, 5.74) is 0.257. The summed E-state index contributed by atoms with van der Waals surface area (Å²) < 4.78 is 14.8. The third-order valence-electron chi connectivity index (χ3n) is 2.07. The van der Waals surface area contributed by atoms with Gasteiger partial charge >= 0.3 is 0 Å². The molecular weight excluding hydrogens is 251 g/mol. The largest absolute Gasteiger partial charge is 0.272 e. The van der Waals surface area contributed by atoms with Gasteiger partial charge in [0.05, 0.1) is 28.8 Å². The van der Waals surface area contributed by atoms with Crippen LogP contribution in [-0.4, -0.2) is 19.9 Å². The molecule has 88 valence electrons. The van der Waals surface area contributed by atoms with E-state index in [1.54, 1.807) is 0 Å². The Balaban J connectivity index is 2.42. The van der Waals surface area contributed by atoms with Gasteiger partial charge in [0, 0.05) is 6.07 Å². The molecule has 8 heteroatoms. The van der Waals surface area contributed by atoms with Crippen molar-refractivity contribution in [2.24, 2.45) is 0 Å². The molecule has 0 saturated carbocycles. The van der Waals surface area contributed by atoms with Crippen molar-refractivity contribution in [3.63, 3.8) is 0 Å². The maximum atomic E-state index is 13.6. The first-order valence-electron chi connectivity index (χ1n) is 4.53.